The highest BCUT2D eigenvalue weighted by Crippen LogP contribution is 2.27. The molecule has 32 heavy (non-hydrogen) atoms. The van der Waals surface area contributed by atoms with E-state index in [1.165, 1.54) is 0 Å². The van der Waals surface area contributed by atoms with Gasteiger partial charge in [0.05, 0.1) is 25.6 Å². The molecule has 2 heterocycles. The molecule has 0 saturated heterocycles. The molecule has 0 unspecified atom stereocenters. The number of benzene rings is 2. The molecule has 0 spiro atoms. The van der Waals surface area contributed by atoms with Crippen molar-refractivity contribution in [3.8, 4) is 17.2 Å². The fourth-order valence-electron chi connectivity index (χ4n) is 3.65. The van der Waals surface area contributed by atoms with Crippen LogP contribution in [0.15, 0.2) is 53.3 Å². The molecular formula is C24H25ClN4O3. The van der Waals surface area contributed by atoms with Gasteiger partial charge in [0.15, 0.2) is 11.5 Å². The number of halogens is 1. The highest BCUT2D eigenvalue weighted by molar-refractivity contribution is 6.30. The van der Waals surface area contributed by atoms with Crippen molar-refractivity contribution in [1.82, 2.24) is 20.1 Å². The average molecular weight is 453 g/mol. The molecule has 2 aromatic carbocycles. The first-order chi connectivity index (χ1) is 15.5. The maximum Gasteiger partial charge on any atom is 0.254 e. The summed E-state index contributed by atoms with van der Waals surface area (Å²) in [6.07, 6.45) is 0.800. The van der Waals surface area contributed by atoms with Gasteiger partial charge in [-0.3, -0.25) is 4.79 Å². The van der Waals surface area contributed by atoms with Gasteiger partial charge in [-0.1, -0.05) is 17.7 Å². The van der Waals surface area contributed by atoms with Crippen molar-refractivity contribution in [2.45, 2.75) is 19.9 Å². The number of hydrogen-bond acceptors (Lipinski definition) is 5. The Morgan fingerprint density at radius 1 is 1.06 bits per heavy atom. The number of nitrogens with one attached hydrogen (secondary N) is 2. The molecule has 2 aromatic heterocycles. The Balaban J connectivity index is 1.47. The van der Waals surface area contributed by atoms with Crippen LogP contribution in [0.1, 0.15) is 16.8 Å². The highest BCUT2D eigenvalue weighted by atomic mass is 35.5. The van der Waals surface area contributed by atoms with E-state index in [9.17, 15) is 4.79 Å². The number of ether oxygens (including phenoxy) is 2. The molecule has 0 bridgehead atoms. The van der Waals surface area contributed by atoms with Crippen molar-refractivity contribution in [1.29, 1.82) is 0 Å². The van der Waals surface area contributed by atoms with Gasteiger partial charge in [-0.15, -0.1) is 0 Å². The molecule has 0 aliphatic heterocycles. The zero-order valence-electron chi connectivity index (χ0n) is 18.2. The summed E-state index contributed by atoms with van der Waals surface area (Å²) in [6, 6.07) is 15.1. The van der Waals surface area contributed by atoms with Gasteiger partial charge in [0, 0.05) is 22.5 Å². The number of H-pyrrole nitrogens is 1. The topological polar surface area (TPSA) is 81.2 Å². The van der Waals surface area contributed by atoms with Crippen LogP contribution >= 0.6 is 11.6 Å². The third-order valence-electron chi connectivity index (χ3n) is 5.37. The highest BCUT2D eigenvalue weighted by Gasteiger charge is 2.13. The summed E-state index contributed by atoms with van der Waals surface area (Å²) < 4.78 is 12.4. The molecule has 7 nitrogen and oxygen atoms in total. The maximum atomic E-state index is 12.7. The van der Waals surface area contributed by atoms with Gasteiger partial charge in [-0.2, -0.15) is 5.10 Å². The number of aromatic amines is 1. The molecule has 0 aliphatic carbocycles. The molecule has 0 aliphatic rings. The predicted octanol–water partition coefficient (Wildman–Crippen LogP) is 4.03. The van der Waals surface area contributed by atoms with E-state index < -0.39 is 0 Å². The number of rotatable bonds is 8. The first-order valence-electron chi connectivity index (χ1n) is 10.3. The Hall–Kier alpha value is -3.29. The third kappa shape index (κ3) is 4.49. The van der Waals surface area contributed by atoms with Gasteiger partial charge in [-0.05, 0) is 67.9 Å². The Morgan fingerprint density at radius 3 is 2.53 bits per heavy atom. The van der Waals surface area contributed by atoms with Gasteiger partial charge in [-0.25, -0.2) is 4.68 Å². The molecular weight excluding hydrogens is 428 g/mol. The lowest BCUT2D eigenvalue weighted by molar-refractivity contribution is 0.354. The lowest BCUT2D eigenvalue weighted by Crippen LogP contribution is -2.23. The van der Waals surface area contributed by atoms with Crippen LogP contribution in [0, 0.1) is 6.92 Å². The van der Waals surface area contributed by atoms with Gasteiger partial charge in [0.1, 0.15) is 5.65 Å². The summed E-state index contributed by atoms with van der Waals surface area (Å²) in [4.78, 5) is 15.7. The maximum absolute atomic E-state index is 12.7. The van der Waals surface area contributed by atoms with E-state index in [1.807, 2.05) is 43.3 Å². The van der Waals surface area contributed by atoms with Crippen molar-refractivity contribution in [2.24, 2.45) is 0 Å². The van der Waals surface area contributed by atoms with Gasteiger partial charge in [0.25, 0.3) is 5.56 Å². The molecule has 2 N–H and O–H groups in total. The molecule has 8 heteroatoms. The van der Waals surface area contributed by atoms with Crippen LogP contribution < -0.4 is 20.3 Å². The largest absolute Gasteiger partial charge is 0.493 e. The van der Waals surface area contributed by atoms with Crippen LogP contribution in [0.3, 0.4) is 0 Å². The van der Waals surface area contributed by atoms with E-state index in [4.69, 9.17) is 21.1 Å². The minimum atomic E-state index is -0.133. The lowest BCUT2D eigenvalue weighted by Gasteiger charge is -2.10. The first-order valence-corrected chi connectivity index (χ1v) is 10.7. The van der Waals surface area contributed by atoms with Gasteiger partial charge in [0.2, 0.25) is 0 Å². The summed E-state index contributed by atoms with van der Waals surface area (Å²) >= 11 is 5.99. The minimum absolute atomic E-state index is 0.133. The zero-order chi connectivity index (χ0) is 22.7. The third-order valence-corrected chi connectivity index (χ3v) is 5.63. The molecule has 0 fully saturated rings. The number of methoxy groups -OCH3 is 2. The van der Waals surface area contributed by atoms with Crippen molar-refractivity contribution in [3.63, 3.8) is 0 Å². The molecule has 0 radical (unpaired) electrons. The normalized spacial score (nSPS) is 11.1. The average Bonchev–Trinajstić information content (AvgIpc) is 3.12. The van der Waals surface area contributed by atoms with E-state index in [0.29, 0.717) is 34.3 Å². The number of fused-ring (bicyclic) bond motifs is 1. The van der Waals surface area contributed by atoms with E-state index in [2.05, 4.69) is 15.4 Å². The van der Waals surface area contributed by atoms with E-state index >= 15 is 0 Å². The predicted molar refractivity (Wildman–Crippen MR) is 126 cm³/mol. The Bertz CT molecular complexity index is 1300. The quantitative estimate of drug-likeness (QED) is 0.394. The van der Waals surface area contributed by atoms with Gasteiger partial charge >= 0.3 is 0 Å². The van der Waals surface area contributed by atoms with Crippen molar-refractivity contribution < 1.29 is 9.47 Å². The molecule has 0 amide bonds. The Kier molecular flexibility index (Phi) is 6.48. The van der Waals surface area contributed by atoms with Crippen LogP contribution in [0.2, 0.25) is 5.02 Å². The molecule has 0 saturated carbocycles. The second-order valence-corrected chi connectivity index (χ2v) is 7.91. The Morgan fingerprint density at radius 2 is 1.81 bits per heavy atom. The SMILES string of the molecule is COc1ccc(CCNCc2cc3c(C)nn(-c4ccc(Cl)cc4)c3[nH]c2=O)cc1OC. The van der Waals surface area contributed by atoms with E-state index in [1.54, 1.807) is 31.0 Å². The second-order valence-electron chi connectivity index (χ2n) is 7.48. The van der Waals surface area contributed by atoms with Gasteiger partial charge < -0.3 is 19.8 Å². The minimum Gasteiger partial charge on any atom is -0.493 e. The molecule has 0 atom stereocenters. The summed E-state index contributed by atoms with van der Waals surface area (Å²) in [5.74, 6) is 1.42. The van der Waals surface area contributed by atoms with E-state index in [0.717, 1.165) is 35.3 Å². The summed E-state index contributed by atoms with van der Waals surface area (Å²) in [5, 5.41) is 9.51. The number of nitrogens with zero attached hydrogens (tertiary/aromatic N) is 2. The van der Waals surface area contributed by atoms with Crippen LogP contribution in [-0.4, -0.2) is 35.5 Å². The molecule has 4 aromatic rings. The monoisotopic (exact) mass is 452 g/mol. The summed E-state index contributed by atoms with van der Waals surface area (Å²) in [7, 11) is 3.24. The second kappa shape index (κ2) is 9.46. The van der Waals surface area contributed by atoms with Crippen molar-refractivity contribution in [2.75, 3.05) is 20.8 Å². The molecule has 4 rings (SSSR count). The Labute approximate surface area is 190 Å². The fraction of sp³-hybridized carbons (Fsp3) is 0.250. The van der Waals surface area contributed by atoms with Crippen molar-refractivity contribution in [3.05, 3.63) is 80.7 Å². The number of hydrogen-bond donors (Lipinski definition) is 2. The zero-order valence-corrected chi connectivity index (χ0v) is 19.0. The summed E-state index contributed by atoms with van der Waals surface area (Å²) in [6.45, 7) is 3.11. The number of aromatic nitrogens is 3. The van der Waals surface area contributed by atoms with Crippen LogP contribution in [0.4, 0.5) is 0 Å². The molecule has 166 valence electrons. The summed E-state index contributed by atoms with van der Waals surface area (Å²) in [5.41, 5.74) is 4.01. The van der Waals surface area contributed by atoms with Crippen molar-refractivity contribution >= 4 is 22.6 Å². The smallest absolute Gasteiger partial charge is 0.254 e. The van der Waals surface area contributed by atoms with E-state index in [-0.39, 0.29) is 5.56 Å². The fourth-order valence-corrected chi connectivity index (χ4v) is 3.78. The van der Waals surface area contributed by atoms with Crippen LogP contribution in [0.25, 0.3) is 16.7 Å². The lowest BCUT2D eigenvalue weighted by atomic mass is 10.1. The van der Waals surface area contributed by atoms with Crippen LogP contribution in [0.5, 0.6) is 11.5 Å². The number of aryl methyl sites for hydroxylation is 1. The standard InChI is InChI=1S/C24H25ClN4O3/c1-15-20-13-17(14-26-11-10-16-4-9-21(31-2)22(12-16)32-3)24(30)27-23(20)29(28-15)19-7-5-18(25)6-8-19/h4-9,12-13,26H,10-11,14H2,1-3H3,(H,27,30). The first kappa shape index (κ1) is 21.9. The number of pyridine rings is 1. The van der Waals surface area contributed by atoms with Crippen LogP contribution in [-0.2, 0) is 13.0 Å².